The summed E-state index contributed by atoms with van der Waals surface area (Å²) in [4.78, 5) is 32.9. The third kappa shape index (κ3) is 3.96. The Hall–Kier alpha value is -4.06. The molecule has 6 heteroatoms. The molecule has 0 saturated heterocycles. The van der Waals surface area contributed by atoms with Gasteiger partial charge >= 0.3 is 0 Å². The van der Waals surface area contributed by atoms with E-state index in [2.05, 4.69) is 15.3 Å². The maximum atomic E-state index is 14.2. The number of carbonyl (C=O) groups is 2. The van der Waals surface area contributed by atoms with Gasteiger partial charge in [-0.1, -0.05) is 48.5 Å². The van der Waals surface area contributed by atoms with Crippen LogP contribution in [0, 0.1) is 5.82 Å². The van der Waals surface area contributed by atoms with Crippen molar-refractivity contribution in [3.8, 4) is 0 Å². The van der Waals surface area contributed by atoms with Gasteiger partial charge in [0.15, 0.2) is 5.82 Å². The molecule has 0 aliphatic rings. The fourth-order valence-electron chi connectivity index (χ4n) is 2.88. The number of hydrogen-bond donors (Lipinski definition) is 2. The molecule has 3 aromatic carbocycles. The molecule has 4 rings (SSSR count). The summed E-state index contributed by atoms with van der Waals surface area (Å²) in [6, 6.07) is 21.7. The minimum Gasteiger partial charge on any atom is -0.335 e. The van der Waals surface area contributed by atoms with Crippen molar-refractivity contribution in [1.82, 2.24) is 15.3 Å². The Morgan fingerprint density at radius 2 is 1.59 bits per heavy atom. The minimum atomic E-state index is -0.547. The van der Waals surface area contributed by atoms with Crippen LogP contribution in [0.2, 0.25) is 0 Å². The molecular weight excluding hydrogens is 369 g/mol. The Morgan fingerprint density at radius 3 is 2.34 bits per heavy atom. The van der Waals surface area contributed by atoms with Crippen LogP contribution >= 0.6 is 0 Å². The summed E-state index contributed by atoms with van der Waals surface area (Å²) in [7, 11) is 0. The number of ketones is 1. The molecule has 0 unspecified atom stereocenters. The summed E-state index contributed by atoms with van der Waals surface area (Å²) in [5.74, 6) is -1.47. The first-order chi connectivity index (χ1) is 14.1. The maximum absolute atomic E-state index is 14.2. The average molecular weight is 385 g/mol. The van der Waals surface area contributed by atoms with E-state index in [4.69, 9.17) is 0 Å². The molecule has 4 aromatic rings. The summed E-state index contributed by atoms with van der Waals surface area (Å²) >= 11 is 0. The quantitative estimate of drug-likeness (QED) is 0.396. The van der Waals surface area contributed by atoms with Crippen LogP contribution in [0.4, 0.5) is 4.39 Å². The standard InChI is InChI=1S/C23H16FN3O2/c24-17-11-5-4-10-16(17)14-20(27-23(29)15-8-2-1-3-9-15)21(28)22-25-18-12-6-7-13-19(18)26-22/h1-14H,(H,25,26)(H,27,29)/b20-14-. The Morgan fingerprint density at radius 1 is 0.897 bits per heavy atom. The van der Waals surface area contributed by atoms with Gasteiger partial charge in [-0.25, -0.2) is 9.37 Å². The number of fused-ring (bicyclic) bond motifs is 1. The SMILES string of the molecule is O=C(N/C(=C\c1ccccc1F)C(=O)c1nc2ccccc2[nH]1)c1ccccc1. The van der Waals surface area contributed by atoms with Gasteiger partial charge in [-0.15, -0.1) is 0 Å². The Kier molecular flexibility index (Phi) is 4.99. The number of carbonyl (C=O) groups excluding carboxylic acids is 2. The monoisotopic (exact) mass is 385 g/mol. The number of benzene rings is 3. The van der Waals surface area contributed by atoms with Gasteiger partial charge < -0.3 is 10.3 Å². The predicted octanol–water partition coefficient (Wildman–Crippen LogP) is 4.36. The molecule has 0 saturated carbocycles. The molecule has 0 aliphatic heterocycles. The second-order valence-corrected chi connectivity index (χ2v) is 6.33. The zero-order chi connectivity index (χ0) is 20.2. The van der Waals surface area contributed by atoms with Gasteiger partial charge in [0.1, 0.15) is 5.82 Å². The second-order valence-electron chi connectivity index (χ2n) is 6.33. The number of nitrogens with one attached hydrogen (secondary N) is 2. The molecule has 0 radical (unpaired) electrons. The number of halogens is 1. The Labute approximate surface area is 165 Å². The van der Waals surface area contributed by atoms with E-state index in [0.29, 0.717) is 16.6 Å². The van der Waals surface area contributed by atoms with Gasteiger partial charge in [0, 0.05) is 11.1 Å². The molecule has 5 nitrogen and oxygen atoms in total. The second kappa shape index (κ2) is 7.90. The lowest BCUT2D eigenvalue weighted by Crippen LogP contribution is -2.28. The van der Waals surface area contributed by atoms with Crippen LogP contribution < -0.4 is 5.32 Å². The lowest BCUT2D eigenvalue weighted by atomic mass is 10.1. The molecule has 0 aliphatic carbocycles. The lowest BCUT2D eigenvalue weighted by Gasteiger charge is -2.09. The van der Waals surface area contributed by atoms with Gasteiger partial charge in [0.25, 0.3) is 5.91 Å². The highest BCUT2D eigenvalue weighted by Crippen LogP contribution is 2.16. The fraction of sp³-hybridized carbons (Fsp3) is 0. The highest BCUT2D eigenvalue weighted by molar-refractivity contribution is 6.13. The molecule has 0 atom stereocenters. The van der Waals surface area contributed by atoms with Gasteiger partial charge in [0.2, 0.25) is 5.78 Å². The first-order valence-electron chi connectivity index (χ1n) is 8.94. The van der Waals surface area contributed by atoms with E-state index in [1.807, 2.05) is 12.1 Å². The number of imidazole rings is 1. The number of aromatic nitrogens is 2. The van der Waals surface area contributed by atoms with Gasteiger partial charge in [-0.3, -0.25) is 9.59 Å². The normalized spacial score (nSPS) is 11.4. The van der Waals surface area contributed by atoms with Crippen molar-refractivity contribution in [1.29, 1.82) is 0 Å². The number of H-pyrrole nitrogens is 1. The smallest absolute Gasteiger partial charge is 0.255 e. The van der Waals surface area contributed by atoms with Crippen molar-refractivity contribution in [2.75, 3.05) is 0 Å². The van der Waals surface area contributed by atoms with Gasteiger partial charge in [0.05, 0.1) is 16.7 Å². The number of Topliss-reactive ketones (excluding diaryl/α,β-unsaturated/α-hetero) is 1. The van der Waals surface area contributed by atoms with Crippen LogP contribution in [-0.2, 0) is 0 Å². The van der Waals surface area contributed by atoms with E-state index >= 15 is 0 Å². The van der Waals surface area contributed by atoms with Crippen molar-refractivity contribution in [3.05, 3.63) is 107 Å². The topological polar surface area (TPSA) is 74.8 Å². The number of para-hydroxylation sites is 2. The van der Waals surface area contributed by atoms with E-state index in [-0.39, 0.29) is 17.1 Å². The average Bonchev–Trinajstić information content (AvgIpc) is 3.19. The van der Waals surface area contributed by atoms with Gasteiger partial charge in [-0.05, 0) is 36.4 Å². The number of rotatable bonds is 5. The lowest BCUT2D eigenvalue weighted by molar-refractivity contribution is 0.0931. The first kappa shape index (κ1) is 18.3. The number of allylic oxidation sites excluding steroid dienone is 1. The van der Waals surface area contributed by atoms with Crippen LogP contribution in [0.25, 0.3) is 17.1 Å². The summed E-state index contributed by atoms with van der Waals surface area (Å²) < 4.78 is 14.2. The van der Waals surface area contributed by atoms with E-state index < -0.39 is 17.5 Å². The Balaban J connectivity index is 1.74. The summed E-state index contributed by atoms with van der Waals surface area (Å²) in [5.41, 5.74) is 1.79. The van der Waals surface area contributed by atoms with Crippen LogP contribution in [0.5, 0.6) is 0 Å². The van der Waals surface area contributed by atoms with Crippen LogP contribution in [0.15, 0.2) is 84.6 Å². The molecule has 2 N–H and O–H groups in total. The zero-order valence-corrected chi connectivity index (χ0v) is 15.2. The summed E-state index contributed by atoms with van der Waals surface area (Å²) in [5, 5.41) is 2.60. The van der Waals surface area contributed by atoms with Crippen molar-refractivity contribution >= 4 is 28.8 Å². The molecular formula is C23H16FN3O2. The van der Waals surface area contributed by atoms with Crippen molar-refractivity contribution in [3.63, 3.8) is 0 Å². The van der Waals surface area contributed by atoms with Crippen LogP contribution in [0.3, 0.4) is 0 Å². The highest BCUT2D eigenvalue weighted by Gasteiger charge is 2.20. The van der Waals surface area contributed by atoms with Gasteiger partial charge in [-0.2, -0.15) is 0 Å². The van der Waals surface area contributed by atoms with Crippen LogP contribution in [-0.4, -0.2) is 21.7 Å². The number of aromatic amines is 1. The van der Waals surface area contributed by atoms with Crippen LogP contribution in [0.1, 0.15) is 26.5 Å². The molecule has 0 fully saturated rings. The number of amides is 1. The predicted molar refractivity (Wildman–Crippen MR) is 109 cm³/mol. The van der Waals surface area contributed by atoms with Crippen molar-refractivity contribution in [2.45, 2.75) is 0 Å². The molecule has 0 spiro atoms. The molecule has 1 aromatic heterocycles. The minimum absolute atomic E-state index is 0.0575. The third-order valence-electron chi connectivity index (χ3n) is 4.34. The summed E-state index contributed by atoms with van der Waals surface area (Å²) in [6.07, 6.45) is 1.31. The highest BCUT2D eigenvalue weighted by atomic mass is 19.1. The van der Waals surface area contributed by atoms with E-state index in [1.54, 1.807) is 54.6 Å². The van der Waals surface area contributed by atoms with Crippen molar-refractivity contribution in [2.24, 2.45) is 0 Å². The molecule has 1 heterocycles. The summed E-state index contributed by atoms with van der Waals surface area (Å²) in [6.45, 7) is 0. The van der Waals surface area contributed by atoms with E-state index in [1.165, 1.54) is 18.2 Å². The molecule has 142 valence electrons. The van der Waals surface area contributed by atoms with Crippen molar-refractivity contribution < 1.29 is 14.0 Å². The first-order valence-corrected chi connectivity index (χ1v) is 8.94. The maximum Gasteiger partial charge on any atom is 0.255 e. The van der Waals surface area contributed by atoms with E-state index in [0.717, 1.165) is 0 Å². The Bertz CT molecular complexity index is 1200. The van der Waals surface area contributed by atoms with E-state index in [9.17, 15) is 14.0 Å². The number of nitrogens with zero attached hydrogens (tertiary/aromatic N) is 1. The third-order valence-corrected chi connectivity index (χ3v) is 4.34. The molecule has 0 bridgehead atoms. The molecule has 29 heavy (non-hydrogen) atoms. The number of hydrogen-bond acceptors (Lipinski definition) is 3. The fourth-order valence-corrected chi connectivity index (χ4v) is 2.88. The molecule has 1 amide bonds. The zero-order valence-electron chi connectivity index (χ0n) is 15.2. The largest absolute Gasteiger partial charge is 0.335 e.